The molecule has 0 bridgehead atoms. The zero-order valence-corrected chi connectivity index (χ0v) is 15.6. The van der Waals surface area contributed by atoms with Crippen molar-refractivity contribution in [2.45, 2.75) is 23.9 Å². The van der Waals surface area contributed by atoms with Crippen LogP contribution < -0.4 is 5.32 Å². The largest absolute Gasteiger partial charge is 0.480 e. The molecule has 0 radical (unpaired) electrons. The van der Waals surface area contributed by atoms with E-state index in [0.29, 0.717) is 31.0 Å². The average molecular weight is 435 g/mol. The van der Waals surface area contributed by atoms with Gasteiger partial charge >= 0.3 is 12.1 Å². The van der Waals surface area contributed by atoms with Gasteiger partial charge in [0.15, 0.2) is 0 Å². The number of halogens is 5. The summed E-state index contributed by atoms with van der Waals surface area (Å²) in [5.74, 6) is -2.52. The van der Waals surface area contributed by atoms with Gasteiger partial charge in [-0.2, -0.15) is 17.5 Å². The van der Waals surface area contributed by atoms with Gasteiger partial charge in [0, 0.05) is 13.1 Å². The number of sulfonamides is 1. The predicted octanol–water partition coefficient (Wildman–Crippen LogP) is 2.34. The minimum absolute atomic E-state index is 0. The molecule has 1 atom stereocenters. The Kier molecular flexibility index (Phi) is 8.02. The van der Waals surface area contributed by atoms with Crippen LogP contribution in [0.3, 0.4) is 0 Å². The number of carboxylic acid groups (broad SMARTS) is 1. The molecule has 1 aliphatic rings. The third kappa shape index (κ3) is 6.03. The number of rotatable bonds is 6. The fraction of sp³-hybridized carbons (Fsp3) is 0.533. The smallest absolute Gasteiger partial charge is 0.416 e. The summed E-state index contributed by atoms with van der Waals surface area (Å²) >= 11 is 0. The molecule has 0 aliphatic carbocycles. The molecule has 2 N–H and O–H groups in total. The van der Waals surface area contributed by atoms with Gasteiger partial charge in [-0.1, -0.05) is 0 Å². The van der Waals surface area contributed by atoms with Crippen LogP contribution in [0.5, 0.6) is 0 Å². The number of nitrogens with one attached hydrogen (secondary N) is 1. The number of benzene rings is 1. The van der Waals surface area contributed by atoms with Gasteiger partial charge in [-0.05, 0) is 43.5 Å². The van der Waals surface area contributed by atoms with E-state index < -0.39 is 38.4 Å². The normalized spacial score (nSPS) is 18.7. The first-order chi connectivity index (χ1) is 12.0. The molecule has 1 unspecified atom stereocenters. The number of alkyl halides is 3. The van der Waals surface area contributed by atoms with Crippen molar-refractivity contribution < 1.29 is 35.9 Å². The number of hydrogen-bond acceptors (Lipinski definition) is 4. The van der Waals surface area contributed by atoms with Crippen molar-refractivity contribution in [2.24, 2.45) is 5.92 Å². The van der Waals surface area contributed by atoms with Crippen molar-refractivity contribution in [3.8, 4) is 0 Å². The molecule has 6 nitrogen and oxygen atoms in total. The summed E-state index contributed by atoms with van der Waals surface area (Å²) in [7, 11) is -4.44. The molecule has 0 spiro atoms. The Hall–Kier alpha value is -1.43. The molecule has 27 heavy (non-hydrogen) atoms. The number of aliphatic carboxylic acids is 1. The van der Waals surface area contributed by atoms with Gasteiger partial charge in [0.05, 0.1) is 12.1 Å². The lowest BCUT2D eigenvalue weighted by atomic mass is 10.00. The maximum atomic E-state index is 13.9. The standard InChI is InChI=1S/C15H18F4N2O4S.ClH/c16-12-4-3-11(15(17,18)19)6-13(12)26(24,25)21-5-1-2-10(9-21)7-20-8-14(22)23;/h3-4,6,10,20H,1-2,5,7-9H2,(H,22,23);1H. The van der Waals surface area contributed by atoms with Gasteiger partial charge in [-0.3, -0.25) is 4.79 Å². The highest BCUT2D eigenvalue weighted by molar-refractivity contribution is 7.89. The van der Waals surface area contributed by atoms with Crippen LogP contribution in [0.2, 0.25) is 0 Å². The SMILES string of the molecule is Cl.O=C(O)CNCC1CCCN(S(=O)(=O)c2cc(C(F)(F)F)ccc2F)C1. The second kappa shape index (κ2) is 9.18. The Morgan fingerprint density at radius 1 is 1.33 bits per heavy atom. The maximum Gasteiger partial charge on any atom is 0.416 e. The van der Waals surface area contributed by atoms with Crippen LogP contribution in [0.15, 0.2) is 23.1 Å². The summed E-state index contributed by atoms with van der Waals surface area (Å²) in [5, 5.41) is 11.3. The van der Waals surface area contributed by atoms with E-state index in [1.165, 1.54) is 0 Å². The lowest BCUT2D eigenvalue weighted by molar-refractivity contribution is -0.138. The highest BCUT2D eigenvalue weighted by Crippen LogP contribution is 2.33. The number of carboxylic acids is 1. The van der Waals surface area contributed by atoms with E-state index in [2.05, 4.69) is 5.32 Å². The van der Waals surface area contributed by atoms with E-state index in [0.717, 1.165) is 4.31 Å². The summed E-state index contributed by atoms with van der Waals surface area (Å²) in [6.45, 7) is -0.00696. The van der Waals surface area contributed by atoms with E-state index in [4.69, 9.17) is 5.11 Å². The van der Waals surface area contributed by atoms with Gasteiger partial charge in [-0.25, -0.2) is 12.8 Å². The second-order valence-electron chi connectivity index (χ2n) is 6.04. The summed E-state index contributed by atoms with van der Waals surface area (Å²) < 4.78 is 78.6. The van der Waals surface area contributed by atoms with Crippen LogP contribution in [0, 0.1) is 11.7 Å². The molecule has 1 aromatic carbocycles. The third-order valence-corrected chi connectivity index (χ3v) is 5.95. The van der Waals surface area contributed by atoms with E-state index in [9.17, 15) is 30.8 Å². The molecule has 1 fully saturated rings. The highest BCUT2D eigenvalue weighted by Gasteiger charge is 2.36. The van der Waals surface area contributed by atoms with Crippen molar-refractivity contribution >= 4 is 28.4 Å². The second-order valence-corrected chi connectivity index (χ2v) is 7.95. The number of carbonyl (C=O) groups is 1. The molecule has 1 aliphatic heterocycles. The van der Waals surface area contributed by atoms with Gasteiger partial charge < -0.3 is 10.4 Å². The molecular formula is C15H19ClF4N2O4S. The number of hydrogen-bond donors (Lipinski definition) is 2. The Bertz CT molecular complexity index is 774. The average Bonchev–Trinajstić information content (AvgIpc) is 2.54. The molecule has 154 valence electrons. The van der Waals surface area contributed by atoms with Crippen molar-refractivity contribution in [3.05, 3.63) is 29.6 Å². The monoisotopic (exact) mass is 434 g/mol. The highest BCUT2D eigenvalue weighted by atomic mass is 35.5. The molecule has 1 heterocycles. The fourth-order valence-electron chi connectivity index (χ4n) is 2.81. The van der Waals surface area contributed by atoms with E-state index in [1.807, 2.05) is 0 Å². The number of piperidine rings is 1. The Morgan fingerprint density at radius 2 is 2.00 bits per heavy atom. The van der Waals surface area contributed by atoms with E-state index in [1.54, 1.807) is 0 Å². The summed E-state index contributed by atoms with van der Waals surface area (Å²) in [5.41, 5.74) is -1.24. The zero-order chi connectivity index (χ0) is 19.5. The first-order valence-corrected chi connectivity index (χ1v) is 9.25. The fourth-order valence-corrected chi connectivity index (χ4v) is 4.46. The summed E-state index contributed by atoms with van der Waals surface area (Å²) in [4.78, 5) is 9.49. The maximum absolute atomic E-state index is 13.9. The minimum atomic E-state index is -4.79. The lowest BCUT2D eigenvalue weighted by Crippen LogP contribution is -2.43. The lowest BCUT2D eigenvalue weighted by Gasteiger charge is -2.32. The van der Waals surface area contributed by atoms with Crippen LogP contribution in [-0.2, 0) is 21.0 Å². The van der Waals surface area contributed by atoms with Crippen molar-refractivity contribution in [3.63, 3.8) is 0 Å². The van der Waals surface area contributed by atoms with Crippen molar-refractivity contribution in [1.29, 1.82) is 0 Å². The first kappa shape index (κ1) is 23.6. The first-order valence-electron chi connectivity index (χ1n) is 7.81. The van der Waals surface area contributed by atoms with Crippen LogP contribution in [0.25, 0.3) is 0 Å². The predicted molar refractivity (Wildman–Crippen MR) is 90.6 cm³/mol. The molecule has 1 aromatic rings. The van der Waals surface area contributed by atoms with Crippen LogP contribution in [0.4, 0.5) is 17.6 Å². The van der Waals surface area contributed by atoms with Crippen LogP contribution in [0.1, 0.15) is 18.4 Å². The molecule has 1 saturated heterocycles. The minimum Gasteiger partial charge on any atom is -0.480 e. The molecular weight excluding hydrogens is 416 g/mol. The van der Waals surface area contributed by atoms with Gasteiger partial charge in [0.25, 0.3) is 0 Å². The Morgan fingerprint density at radius 3 is 2.59 bits per heavy atom. The van der Waals surface area contributed by atoms with E-state index in [-0.39, 0.29) is 44.5 Å². The molecule has 2 rings (SSSR count). The summed E-state index contributed by atoms with van der Waals surface area (Å²) in [6, 6.07) is 1.28. The van der Waals surface area contributed by atoms with Gasteiger partial charge in [0.2, 0.25) is 10.0 Å². The molecule has 0 aromatic heterocycles. The third-order valence-electron chi connectivity index (χ3n) is 4.07. The van der Waals surface area contributed by atoms with Crippen LogP contribution in [-0.4, -0.2) is 50.0 Å². The Balaban J connectivity index is 0.00000364. The van der Waals surface area contributed by atoms with Gasteiger partial charge in [-0.15, -0.1) is 12.4 Å². The Labute approximate surface area is 160 Å². The zero-order valence-electron chi connectivity index (χ0n) is 14.0. The van der Waals surface area contributed by atoms with E-state index >= 15 is 0 Å². The summed E-state index contributed by atoms with van der Waals surface area (Å²) in [6.07, 6.45) is -3.72. The van der Waals surface area contributed by atoms with Crippen LogP contribution >= 0.6 is 12.4 Å². The van der Waals surface area contributed by atoms with Gasteiger partial charge in [0.1, 0.15) is 10.7 Å². The molecule has 0 saturated carbocycles. The molecule has 0 amide bonds. The van der Waals surface area contributed by atoms with Crippen molar-refractivity contribution in [2.75, 3.05) is 26.2 Å². The topological polar surface area (TPSA) is 86.7 Å². The number of nitrogens with zero attached hydrogens (tertiary/aromatic N) is 1. The quantitative estimate of drug-likeness (QED) is 0.671. The van der Waals surface area contributed by atoms with Crippen molar-refractivity contribution in [1.82, 2.24) is 9.62 Å². The molecule has 12 heteroatoms.